The summed E-state index contributed by atoms with van der Waals surface area (Å²) < 4.78 is 55.8. The Bertz CT molecular complexity index is 1850. The van der Waals surface area contributed by atoms with Gasteiger partial charge < -0.3 is 20.0 Å². The Morgan fingerprint density at radius 3 is 2.34 bits per heavy atom. The van der Waals surface area contributed by atoms with Gasteiger partial charge in [0.25, 0.3) is 0 Å². The van der Waals surface area contributed by atoms with E-state index in [-0.39, 0.29) is 23.8 Å². The number of nitrogens with one attached hydrogen (secondary N) is 1. The highest BCUT2D eigenvalue weighted by atomic mass is 32.2. The lowest BCUT2D eigenvalue weighted by atomic mass is 10.1. The van der Waals surface area contributed by atoms with Crippen LogP contribution in [0.25, 0.3) is 11.3 Å². The zero-order valence-electron chi connectivity index (χ0n) is 26.3. The number of piperazine rings is 1. The lowest BCUT2D eigenvalue weighted by Gasteiger charge is -2.36. The van der Waals surface area contributed by atoms with Crippen LogP contribution in [0.15, 0.2) is 83.8 Å². The fourth-order valence-corrected chi connectivity index (χ4v) is 7.65. The monoisotopic (exact) mass is 661 g/mol. The second-order valence-corrected chi connectivity index (χ2v) is 13.8. The SMILES string of the molecule is CN(C)c1cccc(-c2cc(CNC(=O)[C@@H]3CCCN3S(=O)(=O)c3ccc(F)cc3)nc(N3CCN(c4ccccc4F)CC3)n2)c1. The molecule has 47 heavy (non-hydrogen) atoms. The van der Waals surface area contributed by atoms with Gasteiger partial charge >= 0.3 is 0 Å². The van der Waals surface area contributed by atoms with Crippen LogP contribution in [0.2, 0.25) is 0 Å². The number of rotatable bonds is 9. The van der Waals surface area contributed by atoms with Gasteiger partial charge in [0, 0.05) is 58.1 Å². The number of halogens is 2. The standard InChI is InChI=1S/C34H37F2N7O3S/c1-40(2)27-8-5-7-24(21-27)30-22-26(38-34(39-30)42-19-17-41(18-20-42)31-10-4-3-9-29(31)36)23-37-33(44)32-11-6-16-43(32)47(45,46)28-14-12-25(35)13-15-28/h3-5,7-10,12-15,21-22,32H,6,11,16-20,23H2,1-2H3,(H,37,44)/t32-/m0/s1. The maximum atomic E-state index is 14.5. The second-order valence-electron chi connectivity index (χ2n) is 11.9. The van der Waals surface area contributed by atoms with E-state index in [1.54, 1.807) is 12.1 Å². The molecule has 0 spiro atoms. The minimum Gasteiger partial charge on any atom is -0.378 e. The summed E-state index contributed by atoms with van der Waals surface area (Å²) in [6, 6.07) is 20.2. The van der Waals surface area contributed by atoms with Crippen LogP contribution in [-0.4, -0.2) is 81.5 Å². The first-order valence-electron chi connectivity index (χ1n) is 15.6. The predicted molar refractivity (Wildman–Crippen MR) is 178 cm³/mol. The van der Waals surface area contributed by atoms with Crippen molar-refractivity contribution in [3.63, 3.8) is 0 Å². The maximum Gasteiger partial charge on any atom is 0.243 e. The molecule has 0 bridgehead atoms. The van der Waals surface area contributed by atoms with Crippen molar-refractivity contribution in [1.29, 1.82) is 0 Å². The molecule has 3 aromatic carbocycles. The van der Waals surface area contributed by atoms with E-state index in [9.17, 15) is 22.0 Å². The van der Waals surface area contributed by atoms with Crippen molar-refractivity contribution in [2.24, 2.45) is 0 Å². The first-order valence-corrected chi connectivity index (χ1v) is 17.0. The van der Waals surface area contributed by atoms with Crippen LogP contribution in [-0.2, 0) is 21.4 Å². The number of carbonyl (C=O) groups is 1. The zero-order valence-corrected chi connectivity index (χ0v) is 27.1. The Morgan fingerprint density at radius 2 is 1.62 bits per heavy atom. The van der Waals surface area contributed by atoms with Gasteiger partial charge in [0.2, 0.25) is 21.9 Å². The zero-order chi connectivity index (χ0) is 33.1. The Balaban J connectivity index is 1.23. The number of benzene rings is 3. The minimum absolute atomic E-state index is 0.0567. The van der Waals surface area contributed by atoms with Gasteiger partial charge in [0.15, 0.2) is 0 Å². The molecule has 2 saturated heterocycles. The van der Waals surface area contributed by atoms with Gasteiger partial charge in [0.05, 0.1) is 28.5 Å². The van der Waals surface area contributed by atoms with Crippen molar-refractivity contribution in [2.45, 2.75) is 30.3 Å². The molecule has 2 fully saturated rings. The van der Waals surface area contributed by atoms with E-state index < -0.39 is 27.8 Å². The first-order chi connectivity index (χ1) is 22.6. The summed E-state index contributed by atoms with van der Waals surface area (Å²) in [6.45, 7) is 2.55. The van der Waals surface area contributed by atoms with Gasteiger partial charge in [-0.1, -0.05) is 24.3 Å². The Kier molecular flexibility index (Phi) is 9.37. The topological polar surface area (TPSA) is 102 Å². The molecule has 0 saturated carbocycles. The Morgan fingerprint density at radius 1 is 0.894 bits per heavy atom. The highest BCUT2D eigenvalue weighted by Gasteiger charge is 2.39. The molecule has 1 atom stereocenters. The molecule has 13 heteroatoms. The molecule has 4 aromatic rings. The van der Waals surface area contributed by atoms with E-state index in [1.807, 2.05) is 60.3 Å². The number of nitrogens with zero attached hydrogens (tertiary/aromatic N) is 6. The molecule has 1 N–H and O–H groups in total. The van der Waals surface area contributed by atoms with E-state index in [4.69, 9.17) is 9.97 Å². The molecule has 1 amide bonds. The number of hydrogen-bond acceptors (Lipinski definition) is 8. The van der Waals surface area contributed by atoms with Gasteiger partial charge in [-0.3, -0.25) is 4.79 Å². The molecular weight excluding hydrogens is 624 g/mol. The molecule has 0 radical (unpaired) electrons. The fraction of sp³-hybridized carbons (Fsp3) is 0.324. The number of para-hydroxylation sites is 1. The molecule has 0 unspecified atom stereocenters. The van der Waals surface area contributed by atoms with Crippen LogP contribution in [0.4, 0.5) is 26.1 Å². The number of carbonyl (C=O) groups excluding carboxylic acids is 1. The van der Waals surface area contributed by atoms with Crippen molar-refractivity contribution in [2.75, 3.05) is 61.5 Å². The first kappa shape index (κ1) is 32.3. The lowest BCUT2D eigenvalue weighted by molar-refractivity contribution is -0.124. The number of sulfonamides is 1. The molecule has 0 aliphatic carbocycles. The van der Waals surface area contributed by atoms with Gasteiger partial charge in [-0.2, -0.15) is 4.31 Å². The largest absolute Gasteiger partial charge is 0.378 e. The molecule has 10 nitrogen and oxygen atoms in total. The van der Waals surface area contributed by atoms with Crippen LogP contribution in [0.3, 0.4) is 0 Å². The number of anilines is 3. The van der Waals surface area contributed by atoms with E-state index in [0.29, 0.717) is 62.0 Å². The van der Waals surface area contributed by atoms with Gasteiger partial charge in [0.1, 0.15) is 17.7 Å². The van der Waals surface area contributed by atoms with Gasteiger partial charge in [-0.25, -0.2) is 27.2 Å². The maximum absolute atomic E-state index is 14.5. The van der Waals surface area contributed by atoms with Gasteiger partial charge in [-0.05, 0) is 67.4 Å². The number of aromatic nitrogens is 2. The van der Waals surface area contributed by atoms with E-state index >= 15 is 0 Å². The van der Waals surface area contributed by atoms with Crippen molar-refractivity contribution in [3.8, 4) is 11.3 Å². The van der Waals surface area contributed by atoms with Crippen molar-refractivity contribution < 1.29 is 22.0 Å². The number of amides is 1. The molecular formula is C34H37F2N7O3S. The molecule has 6 rings (SSSR count). The fourth-order valence-electron chi connectivity index (χ4n) is 5.99. The summed E-state index contributed by atoms with van der Waals surface area (Å²) in [5.41, 5.74) is 3.69. The van der Waals surface area contributed by atoms with Crippen LogP contribution in [0.1, 0.15) is 18.5 Å². The van der Waals surface area contributed by atoms with E-state index in [1.165, 1.54) is 22.5 Å². The molecule has 2 aliphatic rings. The Hall–Kier alpha value is -4.62. The van der Waals surface area contributed by atoms with E-state index in [2.05, 4.69) is 10.2 Å². The average Bonchev–Trinajstić information content (AvgIpc) is 3.59. The third-order valence-corrected chi connectivity index (χ3v) is 10.5. The molecule has 1 aromatic heterocycles. The van der Waals surface area contributed by atoms with Crippen LogP contribution < -0.4 is 20.0 Å². The highest BCUT2D eigenvalue weighted by Crippen LogP contribution is 2.28. The summed E-state index contributed by atoms with van der Waals surface area (Å²) in [4.78, 5) is 29.2. The molecule has 246 valence electrons. The second kappa shape index (κ2) is 13.6. The van der Waals surface area contributed by atoms with E-state index in [0.717, 1.165) is 23.4 Å². The van der Waals surface area contributed by atoms with Crippen LogP contribution in [0.5, 0.6) is 0 Å². The summed E-state index contributed by atoms with van der Waals surface area (Å²) in [7, 11) is -0.0702. The van der Waals surface area contributed by atoms with Crippen LogP contribution >= 0.6 is 0 Å². The summed E-state index contributed by atoms with van der Waals surface area (Å²) in [5.74, 6) is -0.729. The molecule has 2 aliphatic heterocycles. The quantitative estimate of drug-likeness (QED) is 0.284. The van der Waals surface area contributed by atoms with Gasteiger partial charge in [-0.15, -0.1) is 0 Å². The summed E-state index contributed by atoms with van der Waals surface area (Å²) >= 11 is 0. The summed E-state index contributed by atoms with van der Waals surface area (Å²) in [5, 5.41) is 2.90. The minimum atomic E-state index is -3.99. The third kappa shape index (κ3) is 7.05. The van der Waals surface area contributed by atoms with Crippen molar-refractivity contribution >= 4 is 33.3 Å². The normalized spacial score (nSPS) is 17.1. The number of hydrogen-bond donors (Lipinski definition) is 1. The summed E-state index contributed by atoms with van der Waals surface area (Å²) in [6.07, 6.45) is 0.900. The smallest absolute Gasteiger partial charge is 0.243 e. The third-order valence-electron chi connectivity index (χ3n) is 8.55. The molecule has 3 heterocycles. The predicted octanol–water partition coefficient (Wildman–Crippen LogP) is 4.28. The Labute approximate surface area is 273 Å². The van der Waals surface area contributed by atoms with Crippen molar-refractivity contribution in [3.05, 3.63) is 96.2 Å². The average molecular weight is 662 g/mol. The lowest BCUT2D eigenvalue weighted by Crippen LogP contribution is -2.47. The van der Waals surface area contributed by atoms with Crippen molar-refractivity contribution in [1.82, 2.24) is 19.6 Å². The van der Waals surface area contributed by atoms with Crippen LogP contribution in [0, 0.1) is 11.6 Å². The highest BCUT2D eigenvalue weighted by molar-refractivity contribution is 7.89.